The predicted molar refractivity (Wildman–Crippen MR) is 113 cm³/mol. The molecule has 3 heterocycles. The van der Waals surface area contributed by atoms with E-state index < -0.39 is 0 Å². The Hall–Kier alpha value is -3.39. The molecule has 0 aliphatic heterocycles. The van der Waals surface area contributed by atoms with Gasteiger partial charge < -0.3 is 10.6 Å². The van der Waals surface area contributed by atoms with E-state index in [1.807, 2.05) is 42.5 Å². The van der Waals surface area contributed by atoms with Crippen LogP contribution in [0.1, 0.15) is 0 Å². The van der Waals surface area contributed by atoms with Crippen LogP contribution in [-0.2, 0) is 4.79 Å². The fraction of sp³-hybridized carbons (Fsp3) is 0.0500. The molecule has 0 bridgehead atoms. The summed E-state index contributed by atoms with van der Waals surface area (Å²) < 4.78 is 0.931. The van der Waals surface area contributed by atoms with Crippen LogP contribution in [-0.4, -0.2) is 33.4 Å². The maximum absolute atomic E-state index is 10.9. The van der Waals surface area contributed by atoms with Crippen molar-refractivity contribution in [1.29, 1.82) is 0 Å². The summed E-state index contributed by atoms with van der Waals surface area (Å²) in [6.45, 7) is 0. The molecule has 138 valence electrons. The zero-order valence-electron chi connectivity index (χ0n) is 14.9. The first-order valence-electron chi connectivity index (χ1n) is 8.40. The second-order valence-electron chi connectivity index (χ2n) is 6.13. The van der Waals surface area contributed by atoms with E-state index in [1.54, 1.807) is 19.3 Å². The first-order chi connectivity index (χ1) is 13.5. The molecular formula is C20H15BrN6O. The third kappa shape index (κ3) is 3.41. The van der Waals surface area contributed by atoms with Crippen LogP contribution in [0.15, 0.2) is 59.2 Å². The highest BCUT2D eigenvalue weighted by Crippen LogP contribution is 2.27. The largest absolute Gasteiger partial charge is 0.383 e. The zero-order chi connectivity index (χ0) is 19.7. The molecule has 0 unspecified atom stereocenters. The number of hydrogen-bond donors (Lipinski definition) is 1. The van der Waals surface area contributed by atoms with E-state index in [4.69, 9.17) is 5.73 Å². The first-order valence-corrected chi connectivity index (χ1v) is 9.19. The quantitative estimate of drug-likeness (QED) is 0.491. The van der Waals surface area contributed by atoms with Gasteiger partial charge in [-0.1, -0.05) is 28.1 Å². The number of carbonyl (C=O) groups is 1. The summed E-state index contributed by atoms with van der Waals surface area (Å²) >= 11 is 3.46. The van der Waals surface area contributed by atoms with Gasteiger partial charge in [0.25, 0.3) is 0 Å². The molecule has 3 aromatic heterocycles. The zero-order valence-corrected chi connectivity index (χ0v) is 16.5. The number of carbonyl (C=O) groups excluding carboxylic acids is 1. The average Bonchev–Trinajstić information content (AvgIpc) is 2.73. The lowest BCUT2D eigenvalue weighted by molar-refractivity contribution is -0.107. The fourth-order valence-corrected chi connectivity index (χ4v) is 3.15. The lowest BCUT2D eigenvalue weighted by Crippen LogP contribution is -2.14. The van der Waals surface area contributed by atoms with Gasteiger partial charge in [0.15, 0.2) is 11.5 Å². The molecule has 28 heavy (non-hydrogen) atoms. The average molecular weight is 435 g/mol. The molecule has 2 N–H and O–H groups in total. The second-order valence-corrected chi connectivity index (χ2v) is 7.05. The van der Waals surface area contributed by atoms with Gasteiger partial charge >= 0.3 is 0 Å². The summed E-state index contributed by atoms with van der Waals surface area (Å²) in [5.41, 5.74) is 9.01. The third-order valence-electron chi connectivity index (χ3n) is 4.24. The molecule has 0 atom stereocenters. The van der Waals surface area contributed by atoms with Crippen LogP contribution in [0, 0.1) is 0 Å². The molecule has 7 nitrogen and oxygen atoms in total. The number of nitrogens with two attached hydrogens (primary N) is 1. The summed E-state index contributed by atoms with van der Waals surface area (Å²) in [5.74, 6) is 1.44. The van der Waals surface area contributed by atoms with Gasteiger partial charge in [-0.3, -0.25) is 4.79 Å². The van der Waals surface area contributed by atoms with Crippen molar-refractivity contribution in [1.82, 2.24) is 19.9 Å². The Kier molecular flexibility index (Phi) is 4.70. The topological polar surface area (TPSA) is 97.9 Å². The van der Waals surface area contributed by atoms with Crippen molar-refractivity contribution in [2.75, 3.05) is 17.7 Å². The van der Waals surface area contributed by atoms with Gasteiger partial charge in [-0.05, 0) is 36.4 Å². The van der Waals surface area contributed by atoms with E-state index in [1.165, 1.54) is 4.90 Å². The molecule has 1 amide bonds. The van der Waals surface area contributed by atoms with Crippen LogP contribution in [0.3, 0.4) is 0 Å². The van der Waals surface area contributed by atoms with E-state index in [2.05, 4.69) is 35.9 Å². The molecule has 4 rings (SSSR count). The maximum Gasteiger partial charge on any atom is 0.215 e. The Balaban J connectivity index is 1.78. The van der Waals surface area contributed by atoms with Crippen molar-refractivity contribution in [3.63, 3.8) is 0 Å². The number of benzene rings is 1. The lowest BCUT2D eigenvalue weighted by atomic mass is 10.1. The number of amides is 1. The SMILES string of the molecule is CN(C=O)c1ccc(-c2ccc3c(N)nc(-c4cccc(Br)c4)nc3n2)cn1. The lowest BCUT2D eigenvalue weighted by Gasteiger charge is -2.10. The fourth-order valence-electron chi connectivity index (χ4n) is 2.75. The normalized spacial score (nSPS) is 10.8. The molecule has 0 radical (unpaired) electrons. The number of aromatic nitrogens is 4. The highest BCUT2D eigenvalue weighted by atomic mass is 79.9. The predicted octanol–water partition coefficient (Wildman–Crippen LogP) is 3.69. The smallest absolute Gasteiger partial charge is 0.215 e. The van der Waals surface area contributed by atoms with Crippen molar-refractivity contribution in [3.8, 4) is 22.6 Å². The molecule has 8 heteroatoms. The van der Waals surface area contributed by atoms with Crippen LogP contribution in [0.5, 0.6) is 0 Å². The van der Waals surface area contributed by atoms with Crippen molar-refractivity contribution in [2.45, 2.75) is 0 Å². The molecule has 0 aliphatic rings. The van der Waals surface area contributed by atoms with Crippen LogP contribution in [0.2, 0.25) is 0 Å². The number of halogens is 1. The van der Waals surface area contributed by atoms with E-state index in [0.717, 1.165) is 15.6 Å². The molecule has 0 fully saturated rings. The molecule has 0 saturated heterocycles. The van der Waals surface area contributed by atoms with Gasteiger partial charge in [0.1, 0.15) is 11.6 Å². The summed E-state index contributed by atoms with van der Waals surface area (Å²) in [7, 11) is 1.65. The molecule has 1 aromatic carbocycles. The monoisotopic (exact) mass is 434 g/mol. The Morgan fingerprint density at radius 1 is 1.04 bits per heavy atom. The Morgan fingerprint density at radius 3 is 2.61 bits per heavy atom. The first kappa shape index (κ1) is 18.0. The number of pyridine rings is 2. The Bertz CT molecular complexity index is 1180. The second kappa shape index (κ2) is 7.32. The number of nitrogens with zero attached hydrogens (tertiary/aromatic N) is 5. The maximum atomic E-state index is 10.9. The standard InChI is InChI=1S/C20H15BrN6O/c1-27(11-28)17-8-5-13(10-23-17)16-7-6-15-18(22)25-19(26-20(15)24-16)12-3-2-4-14(21)9-12/h2-11H,1H3,(H2,22,24,25,26). The minimum atomic E-state index is 0.375. The van der Waals surface area contributed by atoms with Gasteiger partial charge in [0.05, 0.1) is 11.1 Å². The van der Waals surface area contributed by atoms with Gasteiger partial charge in [-0.15, -0.1) is 0 Å². The van der Waals surface area contributed by atoms with Crippen molar-refractivity contribution < 1.29 is 4.79 Å². The number of nitrogen functional groups attached to an aromatic ring is 1. The van der Waals surface area contributed by atoms with Gasteiger partial charge in [-0.2, -0.15) is 0 Å². The van der Waals surface area contributed by atoms with E-state index >= 15 is 0 Å². The highest BCUT2D eigenvalue weighted by molar-refractivity contribution is 9.10. The summed E-state index contributed by atoms with van der Waals surface area (Å²) in [4.78, 5) is 30.2. The minimum Gasteiger partial charge on any atom is -0.383 e. The van der Waals surface area contributed by atoms with Crippen LogP contribution >= 0.6 is 15.9 Å². The van der Waals surface area contributed by atoms with Crippen LogP contribution in [0.4, 0.5) is 11.6 Å². The number of anilines is 2. The van der Waals surface area contributed by atoms with E-state index in [9.17, 15) is 4.79 Å². The molecule has 4 aromatic rings. The summed E-state index contributed by atoms with van der Waals surface area (Å²) in [6, 6.07) is 15.0. The number of fused-ring (bicyclic) bond motifs is 1. The Morgan fingerprint density at radius 2 is 1.89 bits per heavy atom. The van der Waals surface area contributed by atoms with Crippen LogP contribution in [0.25, 0.3) is 33.7 Å². The Labute approximate surface area is 169 Å². The minimum absolute atomic E-state index is 0.375. The van der Waals surface area contributed by atoms with Crippen molar-refractivity contribution in [2.24, 2.45) is 0 Å². The van der Waals surface area contributed by atoms with Crippen LogP contribution < -0.4 is 10.6 Å². The number of rotatable bonds is 4. The van der Waals surface area contributed by atoms with Crippen molar-refractivity contribution in [3.05, 3.63) is 59.2 Å². The molecule has 0 spiro atoms. The highest BCUT2D eigenvalue weighted by Gasteiger charge is 2.11. The van der Waals surface area contributed by atoms with Crippen molar-refractivity contribution >= 4 is 45.0 Å². The van der Waals surface area contributed by atoms with E-state index in [0.29, 0.717) is 40.6 Å². The molecular weight excluding hydrogens is 420 g/mol. The summed E-state index contributed by atoms with van der Waals surface area (Å²) in [5, 5.41) is 0.688. The molecule has 0 saturated carbocycles. The van der Waals surface area contributed by atoms with Gasteiger partial charge in [0, 0.05) is 28.8 Å². The molecule has 0 aliphatic carbocycles. The van der Waals surface area contributed by atoms with E-state index in [-0.39, 0.29) is 0 Å². The number of hydrogen-bond acceptors (Lipinski definition) is 6. The third-order valence-corrected chi connectivity index (χ3v) is 4.73. The van der Waals surface area contributed by atoms with Gasteiger partial charge in [-0.25, -0.2) is 19.9 Å². The summed E-state index contributed by atoms with van der Waals surface area (Å²) in [6.07, 6.45) is 2.38. The van der Waals surface area contributed by atoms with Gasteiger partial charge in [0.2, 0.25) is 6.41 Å².